The lowest BCUT2D eigenvalue weighted by Crippen LogP contribution is -2.02. The predicted molar refractivity (Wildman–Crippen MR) is 73.0 cm³/mol. The van der Waals surface area contributed by atoms with Gasteiger partial charge in [-0.3, -0.25) is 0 Å². The van der Waals surface area contributed by atoms with Crippen molar-refractivity contribution in [2.45, 2.75) is 20.8 Å². The lowest BCUT2D eigenvalue weighted by Gasteiger charge is -2.08. The maximum absolute atomic E-state index is 11.5. The average Bonchev–Trinajstić information content (AvgIpc) is 2.44. The second kappa shape index (κ2) is 6.05. The van der Waals surface area contributed by atoms with Gasteiger partial charge in [0.2, 0.25) is 0 Å². The van der Waals surface area contributed by atoms with Gasteiger partial charge in [0.05, 0.1) is 12.7 Å². The Bertz CT molecular complexity index is 559. The Hall–Kier alpha value is -2.03. The lowest BCUT2D eigenvalue weighted by molar-refractivity contribution is 0.0603. The van der Waals surface area contributed by atoms with Crippen LogP contribution in [0.25, 0.3) is 10.8 Å². The fourth-order valence-electron chi connectivity index (χ4n) is 1.78. The first-order valence-corrected chi connectivity index (χ1v) is 5.94. The number of phenols is 1. The number of hydrogen-bond acceptors (Lipinski definition) is 3. The van der Waals surface area contributed by atoms with Gasteiger partial charge in [-0.1, -0.05) is 26.0 Å². The van der Waals surface area contributed by atoms with Gasteiger partial charge >= 0.3 is 5.97 Å². The minimum atomic E-state index is -0.365. The Labute approximate surface area is 107 Å². The number of phenolic OH excluding ortho intramolecular Hbond substituents is 1. The van der Waals surface area contributed by atoms with Crippen molar-refractivity contribution < 1.29 is 14.6 Å². The largest absolute Gasteiger partial charge is 0.508 e. The highest BCUT2D eigenvalue weighted by atomic mass is 16.5. The van der Waals surface area contributed by atoms with E-state index in [1.54, 1.807) is 24.3 Å². The predicted octanol–water partition coefficient (Wildman–Crippen LogP) is 3.67. The smallest absolute Gasteiger partial charge is 0.338 e. The summed E-state index contributed by atoms with van der Waals surface area (Å²) in [5, 5.41) is 11.2. The third kappa shape index (κ3) is 2.45. The molecule has 0 aliphatic carbocycles. The molecule has 0 fully saturated rings. The molecule has 1 N–H and O–H groups in total. The van der Waals surface area contributed by atoms with Crippen molar-refractivity contribution >= 4 is 16.7 Å². The molecule has 3 heteroatoms. The molecule has 0 aliphatic rings. The number of esters is 1. The van der Waals surface area contributed by atoms with Gasteiger partial charge in [-0.2, -0.15) is 0 Å². The highest BCUT2D eigenvalue weighted by Crippen LogP contribution is 2.28. The van der Waals surface area contributed by atoms with Gasteiger partial charge in [-0.05, 0) is 41.5 Å². The number of benzene rings is 2. The first kappa shape index (κ1) is 14.0. The Morgan fingerprint density at radius 3 is 2.39 bits per heavy atom. The number of ether oxygens (including phenoxy) is 1. The van der Waals surface area contributed by atoms with Gasteiger partial charge < -0.3 is 9.84 Å². The van der Waals surface area contributed by atoms with Crippen molar-refractivity contribution in [1.29, 1.82) is 0 Å². The number of methoxy groups -OCH3 is 1. The molecule has 0 saturated carbocycles. The zero-order chi connectivity index (χ0) is 13.7. The summed E-state index contributed by atoms with van der Waals surface area (Å²) >= 11 is 0. The van der Waals surface area contributed by atoms with Crippen LogP contribution in [0.15, 0.2) is 30.3 Å². The molecule has 0 aliphatic heterocycles. The van der Waals surface area contributed by atoms with E-state index in [9.17, 15) is 9.90 Å². The van der Waals surface area contributed by atoms with E-state index < -0.39 is 0 Å². The molecule has 18 heavy (non-hydrogen) atoms. The Morgan fingerprint density at radius 2 is 1.78 bits per heavy atom. The molecular formula is C15H18O3. The molecule has 0 radical (unpaired) electrons. The van der Waals surface area contributed by atoms with Crippen molar-refractivity contribution in [2.24, 2.45) is 0 Å². The van der Waals surface area contributed by atoms with Crippen LogP contribution in [0.2, 0.25) is 0 Å². The molecule has 3 nitrogen and oxygen atoms in total. The molecule has 0 unspecified atom stereocenters. The van der Waals surface area contributed by atoms with Crippen molar-refractivity contribution in [3.05, 3.63) is 41.5 Å². The first-order chi connectivity index (χ1) is 8.65. The zero-order valence-electron chi connectivity index (χ0n) is 11.2. The van der Waals surface area contributed by atoms with Crippen LogP contribution >= 0.6 is 0 Å². The van der Waals surface area contributed by atoms with E-state index >= 15 is 0 Å². The van der Waals surface area contributed by atoms with Gasteiger partial charge in [0, 0.05) is 0 Å². The average molecular weight is 246 g/mol. The van der Waals surface area contributed by atoms with Crippen molar-refractivity contribution in [3.63, 3.8) is 0 Å². The molecule has 0 atom stereocenters. The summed E-state index contributed by atoms with van der Waals surface area (Å²) in [4.78, 5) is 11.5. The topological polar surface area (TPSA) is 46.5 Å². The molecule has 0 amide bonds. The summed E-state index contributed by atoms with van der Waals surface area (Å²) in [5.74, 6) is -0.134. The number of carbonyl (C=O) groups is 1. The molecule has 2 aromatic rings. The standard InChI is InChI=1S/C13H12O3.C2H6/c1-8-9-4-3-5-11(13(15)16-2)10(9)6-7-12(8)14;1-2/h3-7,14H,1-2H3;1-2H3. The van der Waals surface area contributed by atoms with Crippen LogP contribution < -0.4 is 0 Å². The molecule has 0 saturated heterocycles. The minimum absolute atomic E-state index is 0.231. The molecule has 0 spiro atoms. The number of aromatic hydroxyl groups is 1. The number of fused-ring (bicyclic) bond motifs is 1. The third-order valence-corrected chi connectivity index (χ3v) is 2.71. The number of hydrogen-bond donors (Lipinski definition) is 1. The normalized spacial score (nSPS) is 9.56. The van der Waals surface area contributed by atoms with E-state index in [1.807, 2.05) is 26.8 Å². The summed E-state index contributed by atoms with van der Waals surface area (Å²) in [7, 11) is 1.36. The van der Waals surface area contributed by atoms with E-state index in [0.717, 1.165) is 16.3 Å². The van der Waals surface area contributed by atoms with Crippen molar-refractivity contribution in [3.8, 4) is 5.75 Å². The van der Waals surface area contributed by atoms with E-state index in [-0.39, 0.29) is 11.7 Å². The summed E-state index contributed by atoms with van der Waals surface area (Å²) < 4.78 is 4.71. The maximum atomic E-state index is 11.5. The molecule has 96 valence electrons. The molecule has 0 bridgehead atoms. The quantitative estimate of drug-likeness (QED) is 0.781. The molecule has 0 aromatic heterocycles. The van der Waals surface area contributed by atoms with Gasteiger partial charge in [-0.15, -0.1) is 0 Å². The van der Waals surface area contributed by atoms with Crippen LogP contribution in [0.1, 0.15) is 29.8 Å². The number of rotatable bonds is 1. The maximum Gasteiger partial charge on any atom is 0.338 e. The molecule has 2 rings (SSSR count). The Morgan fingerprint density at radius 1 is 1.11 bits per heavy atom. The summed E-state index contributed by atoms with van der Waals surface area (Å²) in [5.41, 5.74) is 1.28. The van der Waals surface area contributed by atoms with Gasteiger partial charge in [0.15, 0.2) is 0 Å². The van der Waals surface area contributed by atoms with E-state index in [4.69, 9.17) is 4.74 Å². The second-order valence-corrected chi connectivity index (χ2v) is 3.60. The monoisotopic (exact) mass is 246 g/mol. The van der Waals surface area contributed by atoms with Crippen LogP contribution in [0.3, 0.4) is 0 Å². The van der Waals surface area contributed by atoms with E-state index in [0.29, 0.717) is 5.56 Å². The Balaban J connectivity index is 0.000000771. The van der Waals surface area contributed by atoms with Crippen LogP contribution in [0, 0.1) is 6.92 Å². The number of aryl methyl sites for hydroxylation is 1. The minimum Gasteiger partial charge on any atom is -0.508 e. The van der Waals surface area contributed by atoms with Crippen LogP contribution in [-0.4, -0.2) is 18.2 Å². The van der Waals surface area contributed by atoms with E-state index in [1.165, 1.54) is 7.11 Å². The second-order valence-electron chi connectivity index (χ2n) is 3.60. The molecular weight excluding hydrogens is 228 g/mol. The van der Waals surface area contributed by atoms with Crippen molar-refractivity contribution in [2.75, 3.05) is 7.11 Å². The number of carbonyl (C=O) groups excluding carboxylic acids is 1. The highest BCUT2D eigenvalue weighted by molar-refractivity contribution is 6.05. The van der Waals surface area contributed by atoms with Crippen molar-refractivity contribution in [1.82, 2.24) is 0 Å². The first-order valence-electron chi connectivity index (χ1n) is 5.94. The fraction of sp³-hybridized carbons (Fsp3) is 0.267. The van der Waals surface area contributed by atoms with E-state index in [2.05, 4.69) is 0 Å². The van der Waals surface area contributed by atoms with Gasteiger partial charge in [0.25, 0.3) is 0 Å². The van der Waals surface area contributed by atoms with Gasteiger partial charge in [0.1, 0.15) is 5.75 Å². The summed E-state index contributed by atoms with van der Waals surface area (Å²) in [6.07, 6.45) is 0. The van der Waals surface area contributed by atoms with Crippen LogP contribution in [0.4, 0.5) is 0 Å². The zero-order valence-corrected chi connectivity index (χ0v) is 11.2. The van der Waals surface area contributed by atoms with Crippen LogP contribution in [0.5, 0.6) is 5.75 Å². The highest BCUT2D eigenvalue weighted by Gasteiger charge is 2.11. The lowest BCUT2D eigenvalue weighted by atomic mass is 10.0. The van der Waals surface area contributed by atoms with Crippen LogP contribution in [-0.2, 0) is 4.74 Å². The SMILES string of the molecule is CC.COC(=O)c1cccc2c(C)c(O)ccc12. The Kier molecular flexibility index (Phi) is 4.72. The molecule has 0 heterocycles. The fourth-order valence-corrected chi connectivity index (χ4v) is 1.78. The summed E-state index contributed by atoms with van der Waals surface area (Å²) in [6.45, 7) is 5.82. The summed E-state index contributed by atoms with van der Waals surface area (Å²) in [6, 6.07) is 8.68. The third-order valence-electron chi connectivity index (χ3n) is 2.71. The van der Waals surface area contributed by atoms with Gasteiger partial charge in [-0.25, -0.2) is 4.79 Å². The molecule has 2 aromatic carbocycles.